The van der Waals surface area contributed by atoms with Crippen molar-refractivity contribution in [2.24, 2.45) is 0 Å². The van der Waals surface area contributed by atoms with Crippen LogP contribution in [0.3, 0.4) is 0 Å². The first-order valence-electron chi connectivity index (χ1n) is 9.20. The summed E-state index contributed by atoms with van der Waals surface area (Å²) in [5.41, 5.74) is 4.70. The van der Waals surface area contributed by atoms with Gasteiger partial charge in [0.25, 0.3) is 0 Å². The molecule has 0 saturated heterocycles. The van der Waals surface area contributed by atoms with E-state index in [1.807, 2.05) is 48.7 Å². The molecule has 138 valence electrons. The van der Waals surface area contributed by atoms with Crippen molar-refractivity contribution in [1.82, 2.24) is 9.88 Å². The van der Waals surface area contributed by atoms with E-state index in [1.165, 1.54) is 11.1 Å². The van der Waals surface area contributed by atoms with Gasteiger partial charge < -0.3 is 15.4 Å². The van der Waals surface area contributed by atoms with Crippen LogP contribution in [-0.2, 0) is 13.1 Å². The van der Waals surface area contributed by atoms with E-state index in [0.29, 0.717) is 0 Å². The number of para-hydroxylation sites is 1. The van der Waals surface area contributed by atoms with Crippen LogP contribution in [0.4, 0.5) is 17.2 Å². The van der Waals surface area contributed by atoms with Crippen molar-refractivity contribution in [3.8, 4) is 5.75 Å². The van der Waals surface area contributed by atoms with E-state index in [2.05, 4.69) is 38.7 Å². The molecule has 0 spiro atoms. The largest absolute Gasteiger partial charge is 0.497 e. The van der Waals surface area contributed by atoms with Crippen molar-refractivity contribution in [3.05, 3.63) is 78.0 Å². The third-order valence-electron chi connectivity index (χ3n) is 4.74. The van der Waals surface area contributed by atoms with E-state index >= 15 is 0 Å². The Morgan fingerprint density at radius 1 is 1.11 bits per heavy atom. The maximum Gasteiger partial charge on any atom is 0.132 e. The van der Waals surface area contributed by atoms with Gasteiger partial charge in [0.1, 0.15) is 11.6 Å². The van der Waals surface area contributed by atoms with Gasteiger partial charge in [0.2, 0.25) is 0 Å². The van der Waals surface area contributed by atoms with Crippen molar-refractivity contribution in [2.45, 2.75) is 13.1 Å². The molecule has 4 rings (SSSR count). The number of rotatable bonds is 5. The van der Waals surface area contributed by atoms with Gasteiger partial charge in [-0.1, -0.05) is 30.3 Å². The minimum atomic E-state index is 0.857. The van der Waals surface area contributed by atoms with Crippen LogP contribution in [0.15, 0.2) is 66.9 Å². The van der Waals surface area contributed by atoms with E-state index in [-0.39, 0.29) is 0 Å². The molecule has 27 heavy (non-hydrogen) atoms. The Balaban J connectivity index is 1.45. The van der Waals surface area contributed by atoms with Gasteiger partial charge in [-0.3, -0.25) is 4.90 Å². The Bertz CT molecular complexity index is 881. The zero-order valence-electron chi connectivity index (χ0n) is 15.5. The number of nitrogens with one attached hydrogen (secondary N) is 2. The number of methoxy groups -OCH3 is 1. The molecule has 0 fully saturated rings. The highest BCUT2D eigenvalue weighted by Crippen LogP contribution is 2.25. The van der Waals surface area contributed by atoms with Crippen molar-refractivity contribution in [3.63, 3.8) is 0 Å². The molecule has 0 aliphatic carbocycles. The quantitative estimate of drug-likeness (QED) is 0.712. The Hall–Kier alpha value is -3.05. The summed E-state index contributed by atoms with van der Waals surface area (Å²) in [6, 6.07) is 20.5. The Labute approximate surface area is 160 Å². The lowest BCUT2D eigenvalue weighted by molar-refractivity contribution is 0.271. The minimum Gasteiger partial charge on any atom is -0.497 e. The number of pyridine rings is 1. The normalized spacial score (nSPS) is 14.0. The third-order valence-corrected chi connectivity index (χ3v) is 4.74. The molecular formula is C22H24N4O. The maximum atomic E-state index is 5.24. The van der Waals surface area contributed by atoms with Crippen LogP contribution in [0, 0.1) is 0 Å². The summed E-state index contributed by atoms with van der Waals surface area (Å²) in [6.07, 6.45) is 1.97. The van der Waals surface area contributed by atoms with Gasteiger partial charge in [0.05, 0.1) is 7.11 Å². The van der Waals surface area contributed by atoms with Crippen LogP contribution < -0.4 is 15.4 Å². The van der Waals surface area contributed by atoms with Gasteiger partial charge in [-0.15, -0.1) is 0 Å². The number of aromatic nitrogens is 1. The number of fused-ring (bicyclic) bond motifs is 1. The van der Waals surface area contributed by atoms with Crippen LogP contribution in [0.5, 0.6) is 5.75 Å². The molecule has 1 aliphatic rings. The predicted molar refractivity (Wildman–Crippen MR) is 110 cm³/mol. The zero-order valence-corrected chi connectivity index (χ0v) is 15.5. The first-order chi connectivity index (χ1) is 13.3. The summed E-state index contributed by atoms with van der Waals surface area (Å²) in [6.45, 7) is 3.70. The van der Waals surface area contributed by atoms with Gasteiger partial charge in [-0.05, 0) is 29.8 Å². The molecule has 0 unspecified atom stereocenters. The van der Waals surface area contributed by atoms with Crippen molar-refractivity contribution >= 4 is 17.2 Å². The number of hydrogen-bond acceptors (Lipinski definition) is 5. The average molecular weight is 360 g/mol. The van der Waals surface area contributed by atoms with Crippen molar-refractivity contribution in [1.29, 1.82) is 0 Å². The fraction of sp³-hybridized carbons (Fsp3) is 0.227. The summed E-state index contributed by atoms with van der Waals surface area (Å²) in [5.74, 6) is 1.75. The molecule has 0 bridgehead atoms. The number of anilines is 3. The molecule has 1 aliphatic heterocycles. The van der Waals surface area contributed by atoms with E-state index in [1.54, 1.807) is 7.11 Å². The molecule has 5 nitrogen and oxygen atoms in total. The van der Waals surface area contributed by atoms with Crippen LogP contribution in [0.1, 0.15) is 11.1 Å². The number of hydrogen-bond donors (Lipinski definition) is 2. The Kier molecular flexibility index (Phi) is 5.21. The Morgan fingerprint density at radius 3 is 2.70 bits per heavy atom. The lowest BCUT2D eigenvalue weighted by atomic mass is 10.2. The average Bonchev–Trinajstić information content (AvgIpc) is 2.91. The molecule has 2 heterocycles. The highest BCUT2D eigenvalue weighted by atomic mass is 16.5. The molecule has 0 amide bonds. The molecule has 2 N–H and O–H groups in total. The fourth-order valence-corrected chi connectivity index (χ4v) is 3.30. The predicted octanol–water partition coefficient (Wildman–Crippen LogP) is 4.26. The first-order valence-corrected chi connectivity index (χ1v) is 9.20. The molecule has 0 saturated carbocycles. The fourth-order valence-electron chi connectivity index (χ4n) is 3.30. The zero-order chi connectivity index (χ0) is 18.5. The van der Waals surface area contributed by atoms with Gasteiger partial charge >= 0.3 is 0 Å². The second-order valence-corrected chi connectivity index (χ2v) is 6.70. The van der Waals surface area contributed by atoms with E-state index in [0.717, 1.165) is 49.1 Å². The van der Waals surface area contributed by atoms with Crippen LogP contribution in [-0.4, -0.2) is 30.1 Å². The second-order valence-electron chi connectivity index (χ2n) is 6.70. The topological polar surface area (TPSA) is 49.4 Å². The molecule has 3 aromatic rings. The van der Waals surface area contributed by atoms with E-state index in [9.17, 15) is 0 Å². The van der Waals surface area contributed by atoms with Gasteiger partial charge in [-0.2, -0.15) is 0 Å². The van der Waals surface area contributed by atoms with E-state index in [4.69, 9.17) is 4.74 Å². The highest BCUT2D eigenvalue weighted by Gasteiger charge is 2.15. The molecule has 0 radical (unpaired) electrons. The lowest BCUT2D eigenvalue weighted by Crippen LogP contribution is -2.25. The van der Waals surface area contributed by atoms with Crippen LogP contribution in [0.25, 0.3) is 0 Å². The molecular weight excluding hydrogens is 336 g/mol. The first kappa shape index (κ1) is 17.4. The molecule has 2 aromatic carbocycles. The van der Waals surface area contributed by atoms with Crippen LogP contribution in [0.2, 0.25) is 0 Å². The van der Waals surface area contributed by atoms with Crippen molar-refractivity contribution < 1.29 is 4.74 Å². The number of ether oxygens (including phenoxy) is 1. The summed E-state index contributed by atoms with van der Waals surface area (Å²) in [7, 11) is 1.69. The van der Waals surface area contributed by atoms with Crippen molar-refractivity contribution in [2.75, 3.05) is 30.8 Å². The summed E-state index contributed by atoms with van der Waals surface area (Å²) in [4.78, 5) is 7.04. The summed E-state index contributed by atoms with van der Waals surface area (Å²) in [5, 5.41) is 6.90. The van der Waals surface area contributed by atoms with Gasteiger partial charge in [-0.25, -0.2) is 4.98 Å². The third kappa shape index (κ3) is 4.38. The SMILES string of the molecule is COc1ccc(CN2CCNc3cc(Nc4ccccc4)ncc3C2)cc1. The molecule has 0 atom stereocenters. The molecule has 5 heteroatoms. The smallest absolute Gasteiger partial charge is 0.132 e. The van der Waals surface area contributed by atoms with Gasteiger partial charge in [0.15, 0.2) is 0 Å². The standard InChI is InChI=1S/C22H24N4O/c1-27-20-9-7-17(8-10-20)15-26-12-11-23-21-13-22(24-14-18(21)16-26)25-19-5-3-2-4-6-19/h2-10,13-14,23H,11-12,15-16H2,1H3,(H,24,25). The highest BCUT2D eigenvalue weighted by molar-refractivity contribution is 5.63. The summed E-state index contributed by atoms with van der Waals surface area (Å²) < 4.78 is 5.24. The van der Waals surface area contributed by atoms with Crippen LogP contribution >= 0.6 is 0 Å². The Morgan fingerprint density at radius 2 is 1.93 bits per heavy atom. The number of nitrogens with zero attached hydrogens (tertiary/aromatic N) is 2. The maximum absolute atomic E-state index is 5.24. The molecule has 1 aromatic heterocycles. The monoisotopic (exact) mass is 360 g/mol. The minimum absolute atomic E-state index is 0.857. The van der Waals surface area contributed by atoms with Gasteiger partial charge in [0, 0.05) is 55.4 Å². The summed E-state index contributed by atoms with van der Waals surface area (Å²) >= 11 is 0. The van der Waals surface area contributed by atoms with E-state index < -0.39 is 0 Å². The second kappa shape index (κ2) is 8.10. The lowest BCUT2D eigenvalue weighted by Gasteiger charge is -2.20. The number of benzene rings is 2.